The van der Waals surface area contributed by atoms with Crippen molar-refractivity contribution in [3.8, 4) is 5.75 Å². The Morgan fingerprint density at radius 3 is 2.62 bits per heavy atom. The summed E-state index contributed by atoms with van der Waals surface area (Å²) in [7, 11) is -1.36. The first-order chi connectivity index (χ1) is 10.3. The van der Waals surface area contributed by atoms with Crippen molar-refractivity contribution in [2.24, 2.45) is 5.92 Å². The van der Waals surface area contributed by atoms with Gasteiger partial charge < -0.3 is 4.74 Å². The Kier molecular flexibility index (Phi) is 3.04. The van der Waals surface area contributed by atoms with E-state index < -0.39 is 8.80 Å². The van der Waals surface area contributed by atoms with Crippen molar-refractivity contribution in [3.05, 3.63) is 77.7 Å². The summed E-state index contributed by atoms with van der Waals surface area (Å²) in [4.78, 5) is 0. The quantitative estimate of drug-likeness (QED) is 0.734. The van der Waals surface area contributed by atoms with Crippen molar-refractivity contribution >= 4 is 19.2 Å². The third kappa shape index (κ3) is 2.16. The molecule has 2 unspecified atom stereocenters. The van der Waals surface area contributed by atoms with Crippen LogP contribution in [0.3, 0.4) is 0 Å². The molecule has 0 aromatic heterocycles. The monoisotopic (exact) mass is 290 g/mol. The molecule has 2 aromatic carbocycles. The van der Waals surface area contributed by atoms with Crippen LogP contribution in [-0.2, 0) is 0 Å². The van der Waals surface area contributed by atoms with Crippen molar-refractivity contribution in [2.75, 3.05) is 0 Å². The molecule has 0 N–H and O–H groups in total. The Labute approximate surface area is 127 Å². The molecular weight excluding hydrogens is 272 g/mol. The molecule has 0 radical (unpaired) electrons. The van der Waals surface area contributed by atoms with Gasteiger partial charge in [-0.1, -0.05) is 66.7 Å². The maximum absolute atomic E-state index is 6.16. The van der Waals surface area contributed by atoms with Crippen molar-refractivity contribution < 1.29 is 4.74 Å². The Morgan fingerprint density at radius 2 is 1.76 bits per heavy atom. The van der Waals surface area contributed by atoms with Crippen LogP contribution in [0, 0.1) is 5.92 Å². The van der Waals surface area contributed by atoms with Crippen LogP contribution in [0.2, 0.25) is 0 Å². The topological polar surface area (TPSA) is 9.23 Å². The molecule has 104 valence electrons. The predicted molar refractivity (Wildman–Crippen MR) is 89.9 cm³/mol. The summed E-state index contributed by atoms with van der Waals surface area (Å²) in [5.74, 6) is 2.76. The average Bonchev–Trinajstić information content (AvgIpc) is 2.53. The number of benzene rings is 2. The lowest BCUT2D eigenvalue weighted by Crippen LogP contribution is -2.48. The number of fused-ring (bicyclic) bond motifs is 1. The first-order valence-electron chi connectivity index (χ1n) is 7.56. The predicted octanol–water partition coefficient (Wildman–Crippen LogP) is 2.81. The van der Waals surface area contributed by atoms with Gasteiger partial charge in [-0.25, -0.2) is 0 Å². The molecule has 2 aromatic rings. The fraction of sp³-hybridized carbons (Fsp3) is 0.158. The number of ether oxygens (including phenoxy) is 1. The van der Waals surface area contributed by atoms with Crippen LogP contribution in [-0.4, -0.2) is 8.80 Å². The van der Waals surface area contributed by atoms with E-state index in [1.165, 1.54) is 10.4 Å². The van der Waals surface area contributed by atoms with Crippen molar-refractivity contribution in [1.29, 1.82) is 0 Å². The molecule has 1 heterocycles. The van der Waals surface area contributed by atoms with Gasteiger partial charge in [0.2, 0.25) is 0 Å². The number of hydrogen-bond donors (Lipinski definition) is 0. The highest BCUT2D eigenvalue weighted by Gasteiger charge is 2.33. The zero-order valence-electron chi connectivity index (χ0n) is 12.1. The second-order valence-electron chi connectivity index (χ2n) is 5.91. The Bertz CT molecular complexity index is 730. The van der Waals surface area contributed by atoms with Crippen LogP contribution >= 0.6 is 0 Å². The van der Waals surface area contributed by atoms with Crippen molar-refractivity contribution in [2.45, 2.75) is 13.3 Å². The average molecular weight is 290 g/mol. The van der Waals surface area contributed by atoms with Gasteiger partial charge in [-0.05, 0) is 34.9 Å². The van der Waals surface area contributed by atoms with Crippen molar-refractivity contribution in [3.63, 3.8) is 0 Å². The van der Waals surface area contributed by atoms with Gasteiger partial charge in [-0.2, -0.15) is 0 Å². The lowest BCUT2D eigenvalue weighted by molar-refractivity contribution is 0.431. The van der Waals surface area contributed by atoms with E-state index in [1.54, 1.807) is 5.20 Å². The minimum Gasteiger partial charge on any atom is -0.458 e. The lowest BCUT2D eigenvalue weighted by atomic mass is 10.0. The molecule has 2 atom stereocenters. The van der Waals surface area contributed by atoms with Gasteiger partial charge in [0, 0.05) is 0 Å². The van der Waals surface area contributed by atoms with E-state index in [0.29, 0.717) is 5.92 Å². The molecule has 4 rings (SSSR count). The van der Waals surface area contributed by atoms with Gasteiger partial charge in [-0.15, -0.1) is 0 Å². The van der Waals surface area contributed by atoms with Gasteiger partial charge in [0.25, 0.3) is 0 Å². The number of para-hydroxylation sites is 1. The molecule has 2 heteroatoms. The zero-order valence-corrected chi connectivity index (χ0v) is 13.3. The van der Waals surface area contributed by atoms with Gasteiger partial charge in [0.15, 0.2) is 0 Å². The van der Waals surface area contributed by atoms with Gasteiger partial charge >= 0.3 is 0 Å². The van der Waals surface area contributed by atoms with Crippen LogP contribution in [0.5, 0.6) is 5.75 Å². The van der Waals surface area contributed by atoms with Gasteiger partial charge in [0.05, 0.1) is 0 Å². The minimum atomic E-state index is -1.36. The molecule has 0 bridgehead atoms. The molecule has 0 saturated heterocycles. The molecule has 0 fully saturated rings. The van der Waals surface area contributed by atoms with Crippen LogP contribution in [0.1, 0.15) is 13.3 Å². The summed E-state index contributed by atoms with van der Waals surface area (Å²) >= 11 is 0. The summed E-state index contributed by atoms with van der Waals surface area (Å²) in [6.07, 6.45) is 5.58. The zero-order chi connectivity index (χ0) is 14.2. The lowest BCUT2D eigenvalue weighted by Gasteiger charge is -2.32. The maximum atomic E-state index is 6.16. The number of rotatable bonds is 1. The molecule has 0 saturated carbocycles. The van der Waals surface area contributed by atoms with Crippen LogP contribution < -0.4 is 15.1 Å². The SMILES string of the molecule is CC1C=CC2=C(C1)[SiH](c1ccccc1)c1ccccc1O2. The highest BCUT2D eigenvalue weighted by molar-refractivity contribution is 6.91. The highest BCUT2D eigenvalue weighted by Crippen LogP contribution is 2.31. The summed E-state index contributed by atoms with van der Waals surface area (Å²) < 4.78 is 6.16. The molecular formula is C19H18OSi. The van der Waals surface area contributed by atoms with Gasteiger partial charge in [-0.3, -0.25) is 0 Å². The van der Waals surface area contributed by atoms with Gasteiger partial charge in [0.1, 0.15) is 20.3 Å². The van der Waals surface area contributed by atoms with Crippen molar-refractivity contribution in [1.82, 2.24) is 0 Å². The molecule has 1 aliphatic carbocycles. The Hall–Kier alpha value is -2.06. The molecule has 2 aliphatic rings. The van der Waals surface area contributed by atoms with E-state index in [0.717, 1.165) is 17.9 Å². The van der Waals surface area contributed by atoms with Crippen LogP contribution in [0.4, 0.5) is 0 Å². The second-order valence-corrected chi connectivity index (χ2v) is 8.77. The Morgan fingerprint density at radius 1 is 1.00 bits per heavy atom. The fourth-order valence-corrected chi connectivity index (χ4v) is 6.91. The van der Waals surface area contributed by atoms with E-state index in [4.69, 9.17) is 4.74 Å². The molecule has 21 heavy (non-hydrogen) atoms. The third-order valence-electron chi connectivity index (χ3n) is 4.37. The van der Waals surface area contributed by atoms with Crippen LogP contribution in [0.25, 0.3) is 0 Å². The normalized spacial score (nSPS) is 23.3. The van der Waals surface area contributed by atoms with E-state index in [9.17, 15) is 0 Å². The molecule has 1 nitrogen and oxygen atoms in total. The third-order valence-corrected chi connectivity index (χ3v) is 7.73. The summed E-state index contributed by atoms with van der Waals surface area (Å²) in [6.45, 7) is 2.29. The molecule has 0 amide bonds. The maximum Gasteiger partial charge on any atom is 0.138 e. The Balaban J connectivity index is 1.91. The van der Waals surface area contributed by atoms with E-state index in [1.807, 2.05) is 0 Å². The summed E-state index contributed by atoms with van der Waals surface area (Å²) in [5.41, 5.74) is 0. The minimum absolute atomic E-state index is 0.608. The number of allylic oxidation sites excluding steroid dienone is 3. The number of hydrogen-bond acceptors (Lipinski definition) is 1. The largest absolute Gasteiger partial charge is 0.458 e. The second kappa shape index (κ2) is 5.04. The molecule has 1 aliphatic heterocycles. The molecule has 0 spiro atoms. The fourth-order valence-electron chi connectivity index (χ4n) is 3.38. The van der Waals surface area contributed by atoms with Crippen LogP contribution in [0.15, 0.2) is 77.7 Å². The smallest absolute Gasteiger partial charge is 0.138 e. The van der Waals surface area contributed by atoms with E-state index in [2.05, 4.69) is 73.7 Å². The van der Waals surface area contributed by atoms with E-state index in [-0.39, 0.29) is 0 Å². The highest BCUT2D eigenvalue weighted by atomic mass is 28.3. The first kappa shape index (κ1) is 12.7. The first-order valence-corrected chi connectivity index (χ1v) is 9.29. The van der Waals surface area contributed by atoms with E-state index >= 15 is 0 Å². The standard InChI is InChI=1S/C19H18OSi/c1-14-11-12-17-19(13-14)21(15-7-3-2-4-8-15)18-10-6-5-9-16(18)20-17/h2-12,14,21H,13H2,1H3. The summed E-state index contributed by atoms with van der Waals surface area (Å²) in [6, 6.07) is 19.5. The summed E-state index contributed by atoms with van der Waals surface area (Å²) in [5, 5.41) is 4.46.